The van der Waals surface area contributed by atoms with E-state index in [1.165, 1.54) is 0 Å². The largest absolute Gasteiger partial charge is 0.453 e. The summed E-state index contributed by atoms with van der Waals surface area (Å²) in [6.07, 6.45) is 0.750. The Kier molecular flexibility index (Phi) is 3.11. The highest BCUT2D eigenvalue weighted by Gasteiger charge is 2.08. The fraction of sp³-hybridized carbons (Fsp3) is 0.429. The smallest absolute Gasteiger partial charge is 0.169 e. The van der Waals surface area contributed by atoms with Crippen LogP contribution in [0.15, 0.2) is 21.2 Å². The van der Waals surface area contributed by atoms with Crippen molar-refractivity contribution in [3.8, 4) is 0 Å². The lowest BCUT2D eigenvalue weighted by molar-refractivity contribution is 0.439. The Morgan fingerprint density at radius 3 is 2.73 bits per heavy atom. The molecule has 11 heavy (non-hydrogen) atoms. The van der Waals surface area contributed by atoms with Gasteiger partial charge in [0, 0.05) is 0 Å². The highest BCUT2D eigenvalue weighted by Crippen LogP contribution is 2.20. The molecular weight excluding hydrogens is 208 g/mol. The van der Waals surface area contributed by atoms with Crippen LogP contribution < -0.4 is 11.5 Å². The van der Waals surface area contributed by atoms with Crippen LogP contribution in [-0.4, -0.2) is 6.54 Å². The van der Waals surface area contributed by atoms with Crippen molar-refractivity contribution in [1.29, 1.82) is 0 Å². The van der Waals surface area contributed by atoms with Gasteiger partial charge in [-0.05, 0) is 41.0 Å². The lowest BCUT2D eigenvalue weighted by Crippen LogP contribution is -2.14. The summed E-state index contributed by atoms with van der Waals surface area (Å²) in [4.78, 5) is 0. The molecule has 0 unspecified atom stereocenters. The van der Waals surface area contributed by atoms with Crippen LogP contribution in [0, 0.1) is 0 Å². The maximum atomic E-state index is 5.72. The summed E-state index contributed by atoms with van der Waals surface area (Å²) in [7, 11) is 0. The van der Waals surface area contributed by atoms with Gasteiger partial charge in [-0.25, -0.2) is 0 Å². The fourth-order valence-corrected chi connectivity index (χ4v) is 1.17. The van der Waals surface area contributed by atoms with Gasteiger partial charge < -0.3 is 15.9 Å². The average Bonchev–Trinajstić information content (AvgIpc) is 2.36. The third-order valence-electron chi connectivity index (χ3n) is 1.44. The number of nitrogens with two attached hydrogens (primary N) is 2. The monoisotopic (exact) mass is 218 g/mol. The first kappa shape index (κ1) is 8.77. The number of hydrogen-bond donors (Lipinski definition) is 2. The van der Waals surface area contributed by atoms with E-state index >= 15 is 0 Å². The van der Waals surface area contributed by atoms with Crippen LogP contribution in [-0.2, 0) is 0 Å². The topological polar surface area (TPSA) is 65.2 Å². The van der Waals surface area contributed by atoms with Gasteiger partial charge in [-0.1, -0.05) is 0 Å². The van der Waals surface area contributed by atoms with E-state index in [4.69, 9.17) is 15.9 Å². The average molecular weight is 219 g/mol. The molecule has 4 heteroatoms. The number of rotatable bonds is 3. The maximum absolute atomic E-state index is 5.72. The van der Waals surface area contributed by atoms with E-state index in [2.05, 4.69) is 15.9 Å². The molecule has 0 fully saturated rings. The van der Waals surface area contributed by atoms with Crippen LogP contribution in [0.5, 0.6) is 0 Å². The summed E-state index contributed by atoms with van der Waals surface area (Å²) in [5.41, 5.74) is 11.1. The second kappa shape index (κ2) is 3.90. The molecule has 1 atom stereocenters. The summed E-state index contributed by atoms with van der Waals surface area (Å²) < 4.78 is 5.94. The van der Waals surface area contributed by atoms with Crippen LogP contribution >= 0.6 is 15.9 Å². The molecule has 1 aromatic rings. The van der Waals surface area contributed by atoms with E-state index in [1.807, 2.05) is 12.1 Å². The van der Waals surface area contributed by atoms with Gasteiger partial charge in [-0.2, -0.15) is 0 Å². The predicted molar refractivity (Wildman–Crippen MR) is 47.0 cm³/mol. The molecular formula is C7H11BrN2O. The first-order valence-corrected chi connectivity index (χ1v) is 4.24. The molecule has 0 radical (unpaired) electrons. The van der Waals surface area contributed by atoms with Crippen LogP contribution in [0.3, 0.4) is 0 Å². The highest BCUT2D eigenvalue weighted by atomic mass is 79.9. The molecule has 0 saturated heterocycles. The standard InChI is InChI=1S/C7H11BrN2O/c8-7-2-1-6(11-7)5(10)3-4-9/h1-2,5H,3-4,9-10H2/t5-/m0/s1. The Hall–Kier alpha value is -0.320. The first-order chi connectivity index (χ1) is 5.24. The molecule has 4 N–H and O–H groups in total. The highest BCUT2D eigenvalue weighted by molar-refractivity contribution is 9.10. The van der Waals surface area contributed by atoms with Crippen molar-refractivity contribution in [2.24, 2.45) is 11.5 Å². The van der Waals surface area contributed by atoms with Gasteiger partial charge in [0.1, 0.15) is 5.76 Å². The van der Waals surface area contributed by atoms with Crippen molar-refractivity contribution in [2.45, 2.75) is 12.5 Å². The minimum atomic E-state index is -0.0775. The van der Waals surface area contributed by atoms with E-state index in [0.29, 0.717) is 11.2 Å². The van der Waals surface area contributed by atoms with E-state index in [-0.39, 0.29) is 6.04 Å². The van der Waals surface area contributed by atoms with E-state index < -0.39 is 0 Å². The van der Waals surface area contributed by atoms with E-state index in [0.717, 1.165) is 12.2 Å². The van der Waals surface area contributed by atoms with Crippen molar-refractivity contribution < 1.29 is 4.42 Å². The van der Waals surface area contributed by atoms with Gasteiger partial charge in [0.25, 0.3) is 0 Å². The third-order valence-corrected chi connectivity index (χ3v) is 1.86. The number of furan rings is 1. The number of halogens is 1. The molecule has 0 bridgehead atoms. The molecule has 62 valence electrons. The lowest BCUT2D eigenvalue weighted by atomic mass is 10.2. The minimum absolute atomic E-state index is 0.0775. The first-order valence-electron chi connectivity index (χ1n) is 3.45. The summed E-state index contributed by atoms with van der Waals surface area (Å²) >= 11 is 3.20. The molecule has 0 aromatic carbocycles. The van der Waals surface area contributed by atoms with Crippen LogP contribution in [0.25, 0.3) is 0 Å². The van der Waals surface area contributed by atoms with Gasteiger partial charge in [-0.3, -0.25) is 0 Å². The molecule has 0 spiro atoms. The molecule has 3 nitrogen and oxygen atoms in total. The molecule has 0 aliphatic rings. The zero-order chi connectivity index (χ0) is 8.27. The summed E-state index contributed by atoms with van der Waals surface area (Å²) in [5, 5.41) is 0. The molecule has 0 aliphatic heterocycles. The van der Waals surface area contributed by atoms with Gasteiger partial charge in [0.15, 0.2) is 4.67 Å². The van der Waals surface area contributed by atoms with Gasteiger partial charge in [0.05, 0.1) is 6.04 Å². The van der Waals surface area contributed by atoms with E-state index in [1.54, 1.807) is 0 Å². The number of hydrogen-bond acceptors (Lipinski definition) is 3. The van der Waals surface area contributed by atoms with Crippen molar-refractivity contribution in [2.75, 3.05) is 6.54 Å². The van der Waals surface area contributed by atoms with Crippen LogP contribution in [0.2, 0.25) is 0 Å². The SMILES string of the molecule is NCC[C@H](N)c1ccc(Br)o1. The zero-order valence-corrected chi connectivity index (χ0v) is 7.67. The Balaban J connectivity index is 2.60. The van der Waals surface area contributed by atoms with Crippen molar-refractivity contribution >= 4 is 15.9 Å². The summed E-state index contributed by atoms with van der Waals surface area (Å²) in [6.45, 7) is 0.583. The quantitative estimate of drug-likeness (QED) is 0.807. The molecule has 0 aliphatic carbocycles. The molecule has 1 heterocycles. The second-order valence-electron chi connectivity index (χ2n) is 2.33. The fourth-order valence-electron chi connectivity index (χ4n) is 0.849. The molecule has 0 saturated carbocycles. The Morgan fingerprint density at radius 1 is 1.55 bits per heavy atom. The Morgan fingerprint density at radius 2 is 2.27 bits per heavy atom. The molecule has 0 amide bonds. The predicted octanol–water partition coefficient (Wildman–Crippen LogP) is 1.39. The summed E-state index contributed by atoms with van der Waals surface area (Å²) in [5.74, 6) is 0.780. The van der Waals surface area contributed by atoms with Crippen molar-refractivity contribution in [3.63, 3.8) is 0 Å². The van der Waals surface area contributed by atoms with Crippen LogP contribution in [0.4, 0.5) is 0 Å². The van der Waals surface area contributed by atoms with Gasteiger partial charge in [-0.15, -0.1) is 0 Å². The summed E-state index contributed by atoms with van der Waals surface area (Å²) in [6, 6.07) is 3.60. The third kappa shape index (κ3) is 2.32. The van der Waals surface area contributed by atoms with E-state index in [9.17, 15) is 0 Å². The van der Waals surface area contributed by atoms with Gasteiger partial charge >= 0.3 is 0 Å². The normalized spacial score (nSPS) is 13.4. The maximum Gasteiger partial charge on any atom is 0.169 e. The lowest BCUT2D eigenvalue weighted by Gasteiger charge is -2.04. The van der Waals surface area contributed by atoms with Crippen molar-refractivity contribution in [1.82, 2.24) is 0 Å². The Bertz CT molecular complexity index is 224. The van der Waals surface area contributed by atoms with Gasteiger partial charge in [0.2, 0.25) is 0 Å². The molecule has 1 aromatic heterocycles. The Labute approximate surface area is 73.9 Å². The molecule has 1 rings (SSSR count). The van der Waals surface area contributed by atoms with Crippen LogP contribution in [0.1, 0.15) is 18.2 Å². The minimum Gasteiger partial charge on any atom is -0.453 e. The van der Waals surface area contributed by atoms with Crippen molar-refractivity contribution in [3.05, 3.63) is 22.6 Å². The zero-order valence-electron chi connectivity index (χ0n) is 6.09. The second-order valence-corrected chi connectivity index (χ2v) is 3.11.